The van der Waals surface area contributed by atoms with E-state index in [-0.39, 0.29) is 18.1 Å². The minimum absolute atomic E-state index is 0.0889. The van der Waals surface area contributed by atoms with Crippen LogP contribution in [-0.2, 0) is 0 Å². The number of amides is 2. The maximum Gasteiger partial charge on any atom is 0.319 e. The van der Waals surface area contributed by atoms with Crippen molar-refractivity contribution >= 4 is 11.7 Å². The van der Waals surface area contributed by atoms with Gasteiger partial charge in [0.05, 0.1) is 6.61 Å². The molecule has 0 saturated carbocycles. The van der Waals surface area contributed by atoms with E-state index < -0.39 is 0 Å². The molecule has 0 aliphatic heterocycles. The average molecular weight is 250 g/mol. The molecule has 0 unspecified atom stereocenters. The highest BCUT2D eigenvalue weighted by molar-refractivity contribution is 5.89. The molecule has 0 spiro atoms. The van der Waals surface area contributed by atoms with Crippen molar-refractivity contribution in [2.45, 2.75) is 26.7 Å². The predicted molar refractivity (Wildman–Crippen MR) is 73.6 cm³/mol. The van der Waals surface area contributed by atoms with E-state index in [9.17, 15) is 9.90 Å². The number of hydrogen-bond acceptors (Lipinski definition) is 2. The molecule has 0 saturated heterocycles. The molecule has 1 rings (SSSR count). The van der Waals surface area contributed by atoms with Crippen LogP contribution in [0.1, 0.15) is 26.7 Å². The number of aliphatic hydroxyl groups excluding tert-OH is 1. The van der Waals surface area contributed by atoms with Crippen molar-refractivity contribution in [3.63, 3.8) is 0 Å². The molecule has 3 N–H and O–H groups in total. The molecule has 0 fully saturated rings. The Morgan fingerprint density at radius 3 is 2.33 bits per heavy atom. The van der Waals surface area contributed by atoms with Gasteiger partial charge < -0.3 is 15.7 Å². The zero-order valence-electron chi connectivity index (χ0n) is 11.1. The Kier molecular flexibility index (Phi) is 5.65. The molecule has 2 amide bonds. The Morgan fingerprint density at radius 1 is 1.22 bits per heavy atom. The van der Waals surface area contributed by atoms with Gasteiger partial charge in [0.2, 0.25) is 0 Å². The van der Waals surface area contributed by atoms with Crippen molar-refractivity contribution in [2.24, 2.45) is 5.41 Å². The van der Waals surface area contributed by atoms with Gasteiger partial charge in [-0.05, 0) is 25.0 Å². The monoisotopic (exact) mass is 250 g/mol. The van der Waals surface area contributed by atoms with Crippen LogP contribution in [0.3, 0.4) is 0 Å². The Morgan fingerprint density at radius 2 is 1.83 bits per heavy atom. The molecule has 18 heavy (non-hydrogen) atoms. The molecule has 4 heteroatoms. The number of rotatable bonds is 6. The predicted octanol–water partition coefficient (Wildman–Crippen LogP) is 2.61. The van der Waals surface area contributed by atoms with Gasteiger partial charge in [0.15, 0.2) is 0 Å². The van der Waals surface area contributed by atoms with Crippen LogP contribution in [0, 0.1) is 5.41 Å². The van der Waals surface area contributed by atoms with Crippen LogP contribution >= 0.6 is 0 Å². The van der Waals surface area contributed by atoms with Crippen molar-refractivity contribution in [3.8, 4) is 0 Å². The lowest BCUT2D eigenvalue weighted by Gasteiger charge is -2.29. The summed E-state index contributed by atoms with van der Waals surface area (Å²) in [4.78, 5) is 11.7. The highest BCUT2D eigenvalue weighted by Gasteiger charge is 2.25. The third kappa shape index (κ3) is 4.04. The van der Waals surface area contributed by atoms with Crippen LogP contribution in [0.15, 0.2) is 30.3 Å². The molecular weight excluding hydrogens is 228 g/mol. The number of benzene rings is 1. The molecule has 1 aromatic rings. The van der Waals surface area contributed by atoms with E-state index in [1.807, 2.05) is 44.2 Å². The number of hydrogen-bond donors (Lipinski definition) is 3. The van der Waals surface area contributed by atoms with Gasteiger partial charge in [-0.3, -0.25) is 0 Å². The summed E-state index contributed by atoms with van der Waals surface area (Å²) in [5.74, 6) is 0. The van der Waals surface area contributed by atoms with Gasteiger partial charge in [-0.15, -0.1) is 0 Å². The smallest absolute Gasteiger partial charge is 0.319 e. The first-order valence-electron chi connectivity index (χ1n) is 6.36. The summed E-state index contributed by atoms with van der Waals surface area (Å²) in [6.07, 6.45) is 1.68. The van der Waals surface area contributed by atoms with Crippen LogP contribution in [0.25, 0.3) is 0 Å². The molecule has 0 heterocycles. The Balaban J connectivity index is 2.46. The lowest BCUT2D eigenvalue weighted by atomic mass is 9.83. The lowest BCUT2D eigenvalue weighted by Crippen LogP contribution is -2.41. The summed E-state index contributed by atoms with van der Waals surface area (Å²) in [6, 6.07) is 9.06. The van der Waals surface area contributed by atoms with Gasteiger partial charge >= 0.3 is 6.03 Å². The molecular formula is C14H22N2O2. The van der Waals surface area contributed by atoms with Gasteiger partial charge in [0.1, 0.15) is 0 Å². The summed E-state index contributed by atoms with van der Waals surface area (Å²) in [7, 11) is 0. The van der Waals surface area contributed by atoms with Crippen molar-refractivity contribution in [3.05, 3.63) is 30.3 Å². The third-order valence-electron chi connectivity index (χ3n) is 3.49. The van der Waals surface area contributed by atoms with Crippen LogP contribution in [0.4, 0.5) is 10.5 Å². The molecule has 0 aromatic heterocycles. The number of carbonyl (C=O) groups excluding carboxylic acids is 1. The summed E-state index contributed by atoms with van der Waals surface area (Å²) in [6.45, 7) is 4.62. The van der Waals surface area contributed by atoms with Crippen molar-refractivity contribution in [1.29, 1.82) is 0 Å². The van der Waals surface area contributed by atoms with E-state index in [4.69, 9.17) is 0 Å². The van der Waals surface area contributed by atoms with E-state index in [2.05, 4.69) is 10.6 Å². The van der Waals surface area contributed by atoms with Crippen molar-refractivity contribution in [2.75, 3.05) is 18.5 Å². The molecule has 0 aliphatic rings. The first-order chi connectivity index (χ1) is 8.65. The molecule has 4 nitrogen and oxygen atoms in total. The van der Waals surface area contributed by atoms with E-state index >= 15 is 0 Å². The normalized spacial score (nSPS) is 11.1. The second kappa shape index (κ2) is 7.01. The highest BCUT2D eigenvalue weighted by Crippen LogP contribution is 2.24. The minimum atomic E-state index is -0.235. The van der Waals surface area contributed by atoms with Gasteiger partial charge in [-0.2, -0.15) is 0 Å². The van der Waals surface area contributed by atoms with Gasteiger partial charge in [-0.1, -0.05) is 32.0 Å². The van der Waals surface area contributed by atoms with Gasteiger partial charge in [0, 0.05) is 17.6 Å². The fourth-order valence-corrected chi connectivity index (χ4v) is 1.74. The molecule has 0 radical (unpaired) electrons. The zero-order valence-corrected chi connectivity index (χ0v) is 11.1. The summed E-state index contributed by atoms with van der Waals surface area (Å²) in [5.41, 5.74) is 0.547. The number of nitrogens with one attached hydrogen (secondary N) is 2. The van der Waals surface area contributed by atoms with E-state index in [1.165, 1.54) is 0 Å². The van der Waals surface area contributed by atoms with Crippen LogP contribution in [0.5, 0.6) is 0 Å². The number of para-hydroxylation sites is 1. The molecule has 0 bridgehead atoms. The Hall–Kier alpha value is -1.55. The Bertz CT molecular complexity index is 353. The summed E-state index contributed by atoms with van der Waals surface area (Å²) >= 11 is 0. The highest BCUT2D eigenvalue weighted by atomic mass is 16.3. The van der Waals surface area contributed by atoms with Gasteiger partial charge in [0.25, 0.3) is 0 Å². The number of carbonyl (C=O) groups is 1. The standard InChI is InChI=1S/C14H22N2O2/c1-3-14(4-2,11-17)10-15-13(18)16-12-8-6-5-7-9-12/h5-9,17H,3-4,10-11H2,1-2H3,(H2,15,16,18). The minimum Gasteiger partial charge on any atom is -0.396 e. The molecule has 0 aliphatic carbocycles. The molecule has 1 aromatic carbocycles. The Labute approximate surface area is 108 Å². The maximum atomic E-state index is 11.7. The van der Waals surface area contributed by atoms with Gasteiger partial charge in [-0.25, -0.2) is 4.79 Å². The quantitative estimate of drug-likeness (QED) is 0.726. The SMILES string of the molecule is CCC(CC)(CO)CNC(=O)Nc1ccccc1. The van der Waals surface area contributed by atoms with Crippen LogP contribution in [-0.4, -0.2) is 24.3 Å². The maximum absolute atomic E-state index is 11.7. The summed E-state index contributed by atoms with van der Waals surface area (Å²) < 4.78 is 0. The first kappa shape index (κ1) is 14.5. The molecule has 0 atom stereocenters. The van der Waals surface area contributed by atoms with Crippen molar-refractivity contribution in [1.82, 2.24) is 5.32 Å². The fraction of sp³-hybridized carbons (Fsp3) is 0.500. The topological polar surface area (TPSA) is 61.4 Å². The molecule has 100 valence electrons. The van der Waals surface area contributed by atoms with Crippen molar-refractivity contribution < 1.29 is 9.90 Å². The largest absolute Gasteiger partial charge is 0.396 e. The zero-order chi connectivity index (χ0) is 13.4. The number of urea groups is 1. The van der Waals surface area contributed by atoms with E-state index in [0.29, 0.717) is 6.54 Å². The average Bonchev–Trinajstić information content (AvgIpc) is 2.42. The second-order valence-corrected chi connectivity index (χ2v) is 4.54. The fourth-order valence-electron chi connectivity index (χ4n) is 1.74. The van der Waals surface area contributed by atoms with Crippen LogP contribution < -0.4 is 10.6 Å². The van der Waals surface area contributed by atoms with Crippen LogP contribution in [0.2, 0.25) is 0 Å². The first-order valence-corrected chi connectivity index (χ1v) is 6.36. The second-order valence-electron chi connectivity index (χ2n) is 4.54. The summed E-state index contributed by atoms with van der Waals surface area (Å²) in [5, 5.41) is 15.0. The van der Waals surface area contributed by atoms with E-state index in [0.717, 1.165) is 18.5 Å². The van der Waals surface area contributed by atoms with E-state index in [1.54, 1.807) is 0 Å². The number of anilines is 1. The lowest BCUT2D eigenvalue weighted by molar-refractivity contribution is 0.116. The number of aliphatic hydroxyl groups is 1. The third-order valence-corrected chi connectivity index (χ3v) is 3.49.